The molecular weight excluding hydrogens is 276 g/mol. The molecule has 0 atom stereocenters. The molecule has 0 saturated heterocycles. The van der Waals surface area contributed by atoms with Gasteiger partial charge in [0.05, 0.1) is 0 Å². The van der Waals surface area contributed by atoms with Crippen molar-refractivity contribution >= 4 is 24.0 Å². The molecule has 1 aliphatic carbocycles. The van der Waals surface area contributed by atoms with Crippen molar-refractivity contribution in [1.29, 1.82) is 0 Å². The number of hydrogen-bond acceptors (Lipinski definition) is 4. The number of nitrogens with one attached hydrogen (secondary N) is 1. The minimum absolute atomic E-state index is 0.248. The van der Waals surface area contributed by atoms with E-state index in [2.05, 4.69) is 16.9 Å². The number of aromatic amines is 1. The highest BCUT2D eigenvalue weighted by molar-refractivity contribution is 7.98. The van der Waals surface area contributed by atoms with E-state index >= 15 is 0 Å². The van der Waals surface area contributed by atoms with E-state index in [1.807, 2.05) is 11.8 Å². The second kappa shape index (κ2) is 5.19. The molecule has 19 heavy (non-hydrogen) atoms. The molecule has 0 unspecified atom stereocenters. The molecule has 104 valence electrons. The van der Waals surface area contributed by atoms with E-state index in [1.165, 1.54) is 24.1 Å². The lowest BCUT2D eigenvalue weighted by Gasteiger charge is -2.37. The van der Waals surface area contributed by atoms with Gasteiger partial charge in [-0.2, -0.15) is 11.8 Å². The lowest BCUT2D eigenvalue weighted by molar-refractivity contribution is -0.0599. The summed E-state index contributed by atoms with van der Waals surface area (Å²) in [6.07, 6.45) is 4.47. The van der Waals surface area contributed by atoms with Crippen LogP contribution in [0.15, 0.2) is 0 Å². The van der Waals surface area contributed by atoms with Crippen LogP contribution in [0.4, 0.5) is 0 Å². The minimum atomic E-state index is -0.248. The molecule has 0 bridgehead atoms. The van der Waals surface area contributed by atoms with Gasteiger partial charge in [0.25, 0.3) is 0 Å². The molecular formula is C14H20N2OS2. The Labute approximate surface area is 123 Å². The molecule has 1 aliphatic heterocycles. The number of fused-ring (bicyclic) bond motifs is 1. The van der Waals surface area contributed by atoms with Gasteiger partial charge in [-0.3, -0.25) is 0 Å². The number of thioether (sulfide) groups is 1. The zero-order valence-corrected chi connectivity index (χ0v) is 13.1. The molecule has 1 saturated carbocycles. The molecule has 2 heterocycles. The second-order valence-electron chi connectivity index (χ2n) is 5.72. The van der Waals surface area contributed by atoms with Crippen LogP contribution < -0.4 is 0 Å². The maximum atomic E-state index is 5.88. The van der Waals surface area contributed by atoms with Gasteiger partial charge in [-0.1, -0.05) is 19.1 Å². The van der Waals surface area contributed by atoms with Crippen LogP contribution in [-0.4, -0.2) is 17.1 Å². The SMILES string of the molecule is COC1(c2nc(=S)c3c([nH]2)CSC3)CCC(C)CC1. The zero-order chi connectivity index (χ0) is 13.5. The summed E-state index contributed by atoms with van der Waals surface area (Å²) < 4.78 is 6.65. The van der Waals surface area contributed by atoms with Gasteiger partial charge in [-0.15, -0.1) is 0 Å². The molecule has 3 nitrogen and oxygen atoms in total. The van der Waals surface area contributed by atoms with Crippen molar-refractivity contribution in [2.45, 2.75) is 49.7 Å². The fraction of sp³-hybridized carbons (Fsp3) is 0.714. The first-order chi connectivity index (χ1) is 9.14. The number of H-pyrrole nitrogens is 1. The van der Waals surface area contributed by atoms with E-state index in [0.717, 1.165) is 40.7 Å². The number of methoxy groups -OCH3 is 1. The molecule has 1 fully saturated rings. The summed E-state index contributed by atoms with van der Waals surface area (Å²) >= 11 is 7.36. The van der Waals surface area contributed by atoms with Crippen molar-refractivity contribution in [2.75, 3.05) is 7.11 Å². The lowest BCUT2D eigenvalue weighted by atomic mass is 9.79. The van der Waals surface area contributed by atoms with E-state index in [4.69, 9.17) is 17.0 Å². The van der Waals surface area contributed by atoms with Gasteiger partial charge in [-0.25, -0.2) is 4.98 Å². The summed E-state index contributed by atoms with van der Waals surface area (Å²) in [7, 11) is 1.80. The smallest absolute Gasteiger partial charge is 0.140 e. The van der Waals surface area contributed by atoms with Crippen LogP contribution in [0.25, 0.3) is 0 Å². The normalized spacial score (nSPS) is 30.3. The molecule has 1 aromatic heterocycles. The first-order valence-corrected chi connectivity index (χ1v) is 8.46. The number of hydrogen-bond donors (Lipinski definition) is 1. The van der Waals surface area contributed by atoms with Crippen LogP contribution in [-0.2, 0) is 21.8 Å². The first kappa shape index (κ1) is 13.6. The van der Waals surface area contributed by atoms with Gasteiger partial charge in [0, 0.05) is 29.9 Å². The topological polar surface area (TPSA) is 37.9 Å². The van der Waals surface area contributed by atoms with Crippen LogP contribution in [0.5, 0.6) is 0 Å². The molecule has 2 aliphatic rings. The summed E-state index contributed by atoms with van der Waals surface area (Å²) in [6, 6.07) is 0. The third-order valence-electron chi connectivity index (χ3n) is 4.50. The maximum absolute atomic E-state index is 5.88. The Bertz CT molecular complexity index is 533. The average Bonchev–Trinajstić information content (AvgIpc) is 2.89. The predicted molar refractivity (Wildman–Crippen MR) is 80.7 cm³/mol. The van der Waals surface area contributed by atoms with E-state index in [-0.39, 0.29) is 5.60 Å². The van der Waals surface area contributed by atoms with Crippen LogP contribution in [0, 0.1) is 10.6 Å². The van der Waals surface area contributed by atoms with E-state index in [1.54, 1.807) is 7.11 Å². The largest absolute Gasteiger partial charge is 0.370 e. The first-order valence-electron chi connectivity index (χ1n) is 6.90. The van der Waals surface area contributed by atoms with Crippen LogP contribution in [0.3, 0.4) is 0 Å². The fourth-order valence-corrected chi connectivity index (χ4v) is 4.50. The quantitative estimate of drug-likeness (QED) is 0.839. The van der Waals surface area contributed by atoms with Crippen LogP contribution in [0.2, 0.25) is 0 Å². The second-order valence-corrected chi connectivity index (χ2v) is 7.09. The molecule has 0 spiro atoms. The van der Waals surface area contributed by atoms with Crippen molar-refractivity contribution in [1.82, 2.24) is 9.97 Å². The summed E-state index contributed by atoms with van der Waals surface area (Å²) in [5.41, 5.74) is 2.23. The van der Waals surface area contributed by atoms with Crippen molar-refractivity contribution < 1.29 is 4.74 Å². The number of rotatable bonds is 2. The van der Waals surface area contributed by atoms with E-state index in [0.29, 0.717) is 0 Å². The monoisotopic (exact) mass is 296 g/mol. The van der Waals surface area contributed by atoms with E-state index < -0.39 is 0 Å². The molecule has 1 aromatic rings. The summed E-state index contributed by atoms with van der Waals surface area (Å²) in [4.78, 5) is 8.18. The van der Waals surface area contributed by atoms with Crippen molar-refractivity contribution in [2.24, 2.45) is 5.92 Å². The van der Waals surface area contributed by atoms with Gasteiger partial charge in [0.1, 0.15) is 16.1 Å². The Hall–Kier alpha value is -0.390. The molecule has 3 rings (SSSR count). The maximum Gasteiger partial charge on any atom is 0.140 e. The Morgan fingerprint density at radius 2 is 2.11 bits per heavy atom. The highest BCUT2D eigenvalue weighted by Gasteiger charge is 2.38. The standard InChI is InChI=1S/C14H20N2OS2/c1-9-3-5-14(17-2,6-4-9)13-15-11-8-19-7-10(11)12(18)16-13/h9H,3-8H2,1-2H3,(H,15,16,18). The molecule has 1 N–H and O–H groups in total. The van der Waals surface area contributed by atoms with Gasteiger partial charge < -0.3 is 9.72 Å². The molecule has 0 aromatic carbocycles. The van der Waals surface area contributed by atoms with Crippen molar-refractivity contribution in [3.63, 3.8) is 0 Å². The predicted octanol–water partition coefficient (Wildman–Crippen LogP) is 3.94. The van der Waals surface area contributed by atoms with Gasteiger partial charge >= 0.3 is 0 Å². The Morgan fingerprint density at radius 1 is 1.37 bits per heavy atom. The third-order valence-corrected chi connectivity index (χ3v) is 5.83. The fourth-order valence-electron chi connectivity index (χ4n) is 3.05. The minimum Gasteiger partial charge on any atom is -0.370 e. The van der Waals surface area contributed by atoms with Crippen molar-refractivity contribution in [3.05, 3.63) is 21.7 Å². The highest BCUT2D eigenvalue weighted by Crippen LogP contribution is 2.41. The highest BCUT2D eigenvalue weighted by atomic mass is 32.2. The average molecular weight is 296 g/mol. The molecule has 5 heteroatoms. The summed E-state index contributed by atoms with van der Waals surface area (Å²) in [5.74, 6) is 3.75. The number of nitrogens with zero attached hydrogens (tertiary/aromatic N) is 1. The van der Waals surface area contributed by atoms with Crippen LogP contribution >= 0.6 is 24.0 Å². The van der Waals surface area contributed by atoms with E-state index in [9.17, 15) is 0 Å². The Balaban J connectivity index is 2.00. The number of aromatic nitrogens is 2. The molecule has 0 amide bonds. The summed E-state index contributed by atoms with van der Waals surface area (Å²) in [5, 5.41) is 0. The Kier molecular flexibility index (Phi) is 3.71. The lowest BCUT2D eigenvalue weighted by Crippen LogP contribution is -2.35. The summed E-state index contributed by atoms with van der Waals surface area (Å²) in [6.45, 7) is 2.31. The molecule has 0 radical (unpaired) electrons. The zero-order valence-electron chi connectivity index (χ0n) is 11.5. The van der Waals surface area contributed by atoms with Crippen LogP contribution in [0.1, 0.15) is 49.7 Å². The van der Waals surface area contributed by atoms with Crippen molar-refractivity contribution in [3.8, 4) is 0 Å². The number of ether oxygens (including phenoxy) is 1. The third kappa shape index (κ3) is 2.36. The van der Waals surface area contributed by atoms with Gasteiger partial charge in [-0.05, 0) is 31.6 Å². The Morgan fingerprint density at radius 3 is 2.79 bits per heavy atom. The van der Waals surface area contributed by atoms with Gasteiger partial charge in [0.2, 0.25) is 0 Å². The van der Waals surface area contributed by atoms with Gasteiger partial charge in [0.15, 0.2) is 0 Å².